The van der Waals surface area contributed by atoms with Crippen LogP contribution in [0, 0.1) is 15.5 Å². The van der Waals surface area contributed by atoms with E-state index in [2.05, 4.69) is 0 Å². The molecule has 1 aromatic carbocycles. The van der Waals surface area contributed by atoms with Crippen molar-refractivity contribution >= 4 is 11.5 Å². The number of nitro groups is 1. The van der Waals surface area contributed by atoms with Gasteiger partial charge in [0.05, 0.1) is 23.5 Å². The summed E-state index contributed by atoms with van der Waals surface area (Å²) in [5, 5.41) is 11.0. The minimum atomic E-state index is -0.509. The Morgan fingerprint density at radius 1 is 1.38 bits per heavy atom. The summed E-state index contributed by atoms with van der Waals surface area (Å²) in [6.07, 6.45) is 1.57. The monoisotopic (exact) mass is 293 g/mol. The van der Waals surface area contributed by atoms with Crippen LogP contribution < -0.4 is 9.47 Å². The topological polar surface area (TPSA) is 78.7 Å². The Kier molecular flexibility index (Phi) is 4.16. The van der Waals surface area contributed by atoms with E-state index in [1.54, 1.807) is 6.07 Å². The average Bonchev–Trinajstić information content (AvgIpc) is 2.48. The number of hydrogen-bond acceptors (Lipinski definition) is 5. The number of carbonyl (C=O) groups excluding carboxylic acids is 1. The van der Waals surface area contributed by atoms with Gasteiger partial charge in [0.25, 0.3) is 0 Å². The van der Waals surface area contributed by atoms with E-state index < -0.39 is 10.3 Å². The Balaban J connectivity index is 2.23. The fraction of sp³-hybridized carbons (Fsp3) is 0.533. The summed E-state index contributed by atoms with van der Waals surface area (Å²) in [6.45, 7) is 3.93. The van der Waals surface area contributed by atoms with Crippen LogP contribution in [-0.4, -0.2) is 23.9 Å². The maximum absolute atomic E-state index is 11.9. The molecule has 1 unspecified atom stereocenters. The average molecular weight is 293 g/mol. The number of Topliss-reactive ketones (excluding diaryl/α,β-unsaturated/α-hetero) is 1. The van der Waals surface area contributed by atoms with Gasteiger partial charge in [-0.1, -0.05) is 13.8 Å². The Hall–Kier alpha value is -2.11. The van der Waals surface area contributed by atoms with Crippen LogP contribution in [0.1, 0.15) is 33.1 Å². The van der Waals surface area contributed by atoms with E-state index >= 15 is 0 Å². The van der Waals surface area contributed by atoms with Gasteiger partial charge in [0, 0.05) is 6.42 Å². The zero-order valence-electron chi connectivity index (χ0n) is 12.4. The van der Waals surface area contributed by atoms with Crippen molar-refractivity contribution in [3.05, 3.63) is 28.3 Å². The van der Waals surface area contributed by atoms with Gasteiger partial charge in [-0.15, -0.1) is 0 Å². The van der Waals surface area contributed by atoms with E-state index in [0.717, 1.165) is 0 Å². The van der Waals surface area contributed by atoms with Crippen LogP contribution in [0.25, 0.3) is 0 Å². The highest BCUT2D eigenvalue weighted by Crippen LogP contribution is 2.46. The smallest absolute Gasteiger partial charge is 0.314 e. The minimum Gasteiger partial charge on any atom is -0.490 e. The third-order valence-electron chi connectivity index (χ3n) is 4.43. The van der Waals surface area contributed by atoms with Crippen molar-refractivity contribution in [3.8, 4) is 11.5 Å². The van der Waals surface area contributed by atoms with Crippen molar-refractivity contribution in [3.63, 3.8) is 0 Å². The summed E-state index contributed by atoms with van der Waals surface area (Å²) in [5.74, 6) is 0.793. The van der Waals surface area contributed by atoms with Crippen LogP contribution in [0.4, 0.5) is 5.69 Å². The van der Waals surface area contributed by atoms with Gasteiger partial charge in [0.1, 0.15) is 17.6 Å². The number of methoxy groups -OCH3 is 1. The number of nitrogens with zero attached hydrogens (tertiary/aromatic N) is 1. The minimum absolute atomic E-state index is 0.140. The van der Waals surface area contributed by atoms with Crippen LogP contribution in [0.3, 0.4) is 0 Å². The summed E-state index contributed by atoms with van der Waals surface area (Å²) in [6, 6.07) is 4.48. The molecule has 1 aromatic rings. The molecule has 6 nitrogen and oxygen atoms in total. The second kappa shape index (κ2) is 5.71. The first-order valence-corrected chi connectivity index (χ1v) is 7.00. The maximum Gasteiger partial charge on any atom is 0.314 e. The predicted octanol–water partition coefficient (Wildman–Crippen LogP) is 3.13. The molecule has 21 heavy (non-hydrogen) atoms. The van der Waals surface area contributed by atoms with Crippen molar-refractivity contribution < 1.29 is 19.2 Å². The van der Waals surface area contributed by atoms with Gasteiger partial charge in [-0.25, -0.2) is 0 Å². The predicted molar refractivity (Wildman–Crippen MR) is 76.7 cm³/mol. The van der Waals surface area contributed by atoms with Gasteiger partial charge in [0.15, 0.2) is 5.75 Å². The molecule has 1 atom stereocenters. The molecule has 0 spiro atoms. The van der Waals surface area contributed by atoms with Crippen LogP contribution in [0.2, 0.25) is 0 Å². The maximum atomic E-state index is 11.9. The lowest BCUT2D eigenvalue weighted by molar-refractivity contribution is -0.385. The highest BCUT2D eigenvalue weighted by Gasteiger charge is 2.53. The molecule has 0 aromatic heterocycles. The molecule has 0 radical (unpaired) electrons. The van der Waals surface area contributed by atoms with E-state index in [9.17, 15) is 14.9 Å². The highest BCUT2D eigenvalue weighted by atomic mass is 16.6. The molecular formula is C15H19NO5. The van der Waals surface area contributed by atoms with Crippen molar-refractivity contribution in [2.24, 2.45) is 5.41 Å². The van der Waals surface area contributed by atoms with Crippen molar-refractivity contribution in [2.45, 2.75) is 39.2 Å². The summed E-state index contributed by atoms with van der Waals surface area (Å²) in [5.41, 5.74) is -0.589. The van der Waals surface area contributed by atoms with Crippen molar-refractivity contribution in [1.82, 2.24) is 0 Å². The zero-order chi connectivity index (χ0) is 15.6. The number of ketones is 1. The van der Waals surface area contributed by atoms with Gasteiger partial charge in [-0.3, -0.25) is 14.9 Å². The van der Waals surface area contributed by atoms with E-state index in [1.807, 2.05) is 13.8 Å². The number of hydrogen-bond donors (Lipinski definition) is 0. The van der Waals surface area contributed by atoms with Crippen molar-refractivity contribution in [1.29, 1.82) is 0 Å². The number of ether oxygens (including phenoxy) is 2. The quantitative estimate of drug-likeness (QED) is 0.594. The Bertz CT molecular complexity index is 565. The molecule has 114 valence electrons. The SMILES string of the molecule is CCC1(CC)C(=O)CC1Oc1ccc(OC)c([N+](=O)[O-])c1. The first-order valence-electron chi connectivity index (χ1n) is 7.00. The fourth-order valence-electron chi connectivity index (χ4n) is 2.92. The lowest BCUT2D eigenvalue weighted by Crippen LogP contribution is -2.56. The van der Waals surface area contributed by atoms with Crippen LogP contribution in [0.5, 0.6) is 11.5 Å². The Morgan fingerprint density at radius 3 is 2.52 bits per heavy atom. The molecule has 0 heterocycles. The van der Waals surface area contributed by atoms with Crippen LogP contribution in [0.15, 0.2) is 18.2 Å². The number of rotatable bonds is 6. The Labute approximate surface area is 123 Å². The largest absolute Gasteiger partial charge is 0.490 e. The van der Waals surface area contributed by atoms with Gasteiger partial charge in [-0.05, 0) is 25.0 Å². The summed E-state index contributed by atoms with van der Waals surface area (Å²) in [7, 11) is 1.38. The van der Waals surface area contributed by atoms with Gasteiger partial charge < -0.3 is 9.47 Å². The van der Waals surface area contributed by atoms with E-state index in [4.69, 9.17) is 9.47 Å². The summed E-state index contributed by atoms with van der Waals surface area (Å²) < 4.78 is 10.8. The zero-order valence-corrected chi connectivity index (χ0v) is 12.4. The second-order valence-electron chi connectivity index (χ2n) is 5.19. The molecule has 6 heteroatoms. The van der Waals surface area contributed by atoms with E-state index in [0.29, 0.717) is 25.0 Å². The molecule has 2 rings (SSSR count). The standard InChI is InChI=1S/C15H19NO5/c1-4-15(5-2)13(17)9-14(15)21-10-6-7-12(20-3)11(8-10)16(18)19/h6-8,14H,4-5,9H2,1-3H3. The van der Waals surface area contributed by atoms with E-state index in [1.165, 1.54) is 19.2 Å². The molecular weight excluding hydrogens is 274 g/mol. The highest BCUT2D eigenvalue weighted by molar-refractivity contribution is 5.92. The molecule has 0 aliphatic heterocycles. The lowest BCUT2D eigenvalue weighted by Gasteiger charge is -2.46. The molecule has 0 saturated heterocycles. The number of nitro benzene ring substituents is 1. The van der Waals surface area contributed by atoms with Crippen LogP contribution >= 0.6 is 0 Å². The van der Waals surface area contributed by atoms with Gasteiger partial charge in [-0.2, -0.15) is 0 Å². The molecule has 1 aliphatic carbocycles. The molecule has 0 amide bonds. The molecule has 1 aliphatic rings. The van der Waals surface area contributed by atoms with Gasteiger partial charge >= 0.3 is 5.69 Å². The third-order valence-corrected chi connectivity index (χ3v) is 4.43. The normalized spacial score (nSPS) is 19.8. The molecule has 0 N–H and O–H groups in total. The van der Waals surface area contributed by atoms with Crippen molar-refractivity contribution in [2.75, 3.05) is 7.11 Å². The summed E-state index contributed by atoms with van der Waals surface area (Å²) >= 11 is 0. The first-order chi connectivity index (χ1) is 9.98. The third kappa shape index (κ3) is 2.46. The Morgan fingerprint density at radius 2 is 2.05 bits per heavy atom. The fourth-order valence-corrected chi connectivity index (χ4v) is 2.92. The molecule has 0 bridgehead atoms. The second-order valence-corrected chi connectivity index (χ2v) is 5.19. The first kappa shape index (κ1) is 15.3. The number of carbonyl (C=O) groups is 1. The molecule has 1 saturated carbocycles. The summed E-state index contributed by atoms with van der Waals surface area (Å²) in [4.78, 5) is 22.4. The van der Waals surface area contributed by atoms with Crippen LogP contribution in [-0.2, 0) is 4.79 Å². The number of benzene rings is 1. The van der Waals surface area contributed by atoms with Gasteiger partial charge in [0.2, 0.25) is 0 Å². The van der Waals surface area contributed by atoms with E-state index in [-0.39, 0.29) is 23.3 Å². The lowest BCUT2D eigenvalue weighted by atomic mass is 9.61. The molecule has 1 fully saturated rings.